The number of fused-ring (bicyclic) bond motifs is 10. The largest absolute Gasteiger partial charge is 0.309 e. The van der Waals surface area contributed by atoms with E-state index in [0.717, 1.165) is 61.6 Å². The number of hydrogen-bond donors (Lipinski definition) is 0. The first-order valence-electron chi connectivity index (χ1n) is 25.3. The molecule has 0 heterocycles. The van der Waals surface area contributed by atoms with Crippen LogP contribution in [-0.2, 0) is 5.41 Å². The van der Waals surface area contributed by atoms with Crippen molar-refractivity contribution in [2.45, 2.75) is 5.41 Å². The summed E-state index contributed by atoms with van der Waals surface area (Å²) in [5, 5.41) is 0. The molecule has 0 saturated heterocycles. The molecule has 0 N–H and O–H groups in total. The summed E-state index contributed by atoms with van der Waals surface area (Å²) >= 11 is 0. The molecule has 0 bridgehead atoms. The highest BCUT2D eigenvalue weighted by molar-refractivity contribution is 6.00. The highest BCUT2D eigenvalue weighted by atomic mass is 15.1. The Bertz CT molecular complexity index is 3580. The lowest BCUT2D eigenvalue weighted by molar-refractivity contribution is 0.793. The molecule has 0 saturated carbocycles. The van der Waals surface area contributed by atoms with Crippen LogP contribution in [0.4, 0.5) is 17.1 Å². The van der Waals surface area contributed by atoms with Crippen LogP contribution in [-0.4, -0.2) is 0 Å². The first kappa shape index (κ1) is 33.1. The molecule has 0 amide bonds. The van der Waals surface area contributed by atoms with Crippen molar-refractivity contribution >= 4 is 29.2 Å². The molecule has 1 spiro atoms. The van der Waals surface area contributed by atoms with Crippen LogP contribution >= 0.6 is 0 Å². The van der Waals surface area contributed by atoms with Crippen molar-refractivity contribution in [2.24, 2.45) is 0 Å². The van der Waals surface area contributed by atoms with Crippen LogP contribution in [0.3, 0.4) is 0 Å². The van der Waals surface area contributed by atoms with E-state index in [1.807, 2.05) is 60.7 Å². The Morgan fingerprint density at radius 1 is 0.333 bits per heavy atom. The van der Waals surface area contributed by atoms with E-state index in [1.54, 1.807) is 0 Å². The van der Waals surface area contributed by atoms with Crippen LogP contribution < -0.4 is 4.90 Å². The van der Waals surface area contributed by atoms with E-state index >= 15 is 0 Å². The summed E-state index contributed by atoms with van der Waals surface area (Å²) < 4.78 is 47.6. The fraction of sp³-hybridized carbons (Fsp3) is 0.0154. The molecule has 0 aliphatic heterocycles. The normalized spacial score (nSPS) is 13.6. The molecule has 12 rings (SSSR count). The standard InChI is InChI=1S/C65H45N/c1-3-44-27-31-46(32-28-44)50-35-39-63(57(41-50)48-17-7-5-8-18-48)66(64-40-36-51(47-33-29-45(4-2)30-34-47)42-58(64)49-19-9-6-10-20-49)52-37-38-56-55-23-13-16-26-61(55)65(62(56)43-52)59-24-14-11-21-53(59)54-22-12-15-25-60(54)65/h3-43H,1-2H2/i1D2,2D2,3D,4D. The molecule has 0 fully saturated rings. The summed E-state index contributed by atoms with van der Waals surface area (Å²) in [6.07, 6.45) is 0. The Morgan fingerprint density at radius 3 is 1.17 bits per heavy atom. The number of hydrogen-bond acceptors (Lipinski definition) is 1. The van der Waals surface area contributed by atoms with E-state index in [1.165, 1.54) is 44.5 Å². The van der Waals surface area contributed by atoms with Gasteiger partial charge in [-0.05, 0) is 125 Å². The monoisotopic (exact) mass is 845 g/mol. The van der Waals surface area contributed by atoms with Crippen molar-refractivity contribution in [1.82, 2.24) is 0 Å². The van der Waals surface area contributed by atoms with E-state index in [2.05, 4.69) is 181 Å². The van der Waals surface area contributed by atoms with Gasteiger partial charge >= 0.3 is 0 Å². The summed E-state index contributed by atoms with van der Waals surface area (Å²) in [7, 11) is 0. The Hall–Kier alpha value is -8.52. The van der Waals surface area contributed by atoms with Gasteiger partial charge in [0.15, 0.2) is 0 Å². The van der Waals surface area contributed by atoms with Gasteiger partial charge in [-0.25, -0.2) is 0 Å². The maximum atomic E-state index is 8.29. The first-order chi connectivity index (χ1) is 35.2. The number of nitrogens with zero attached hydrogens (tertiary/aromatic N) is 1. The second-order valence-corrected chi connectivity index (χ2v) is 17.1. The Morgan fingerprint density at radius 2 is 0.727 bits per heavy atom. The molecule has 1 heteroatoms. The quantitative estimate of drug-likeness (QED) is 0.140. The van der Waals surface area contributed by atoms with Crippen molar-refractivity contribution in [3.63, 3.8) is 0 Å². The summed E-state index contributed by atoms with van der Waals surface area (Å²) in [6, 6.07) is 82.7. The number of benzene rings is 10. The van der Waals surface area contributed by atoms with Crippen LogP contribution in [0.15, 0.2) is 250 Å². The van der Waals surface area contributed by atoms with Gasteiger partial charge in [0.2, 0.25) is 0 Å². The zero-order valence-electron chi connectivity index (χ0n) is 42.0. The van der Waals surface area contributed by atoms with Crippen molar-refractivity contribution in [3.8, 4) is 66.8 Å². The molecule has 0 radical (unpaired) electrons. The molecule has 2 aliphatic carbocycles. The van der Waals surface area contributed by atoms with Crippen LogP contribution in [0.2, 0.25) is 0 Å². The molecular formula is C65H45N. The topological polar surface area (TPSA) is 3.24 Å². The van der Waals surface area contributed by atoms with Crippen molar-refractivity contribution in [1.29, 1.82) is 0 Å². The second-order valence-electron chi connectivity index (χ2n) is 17.1. The number of rotatable bonds is 9. The van der Waals surface area contributed by atoms with E-state index < -0.39 is 18.5 Å². The van der Waals surface area contributed by atoms with Crippen molar-refractivity contribution < 1.29 is 8.22 Å². The fourth-order valence-electron chi connectivity index (χ4n) is 10.6. The molecule has 0 aromatic heterocycles. The van der Waals surface area contributed by atoms with Gasteiger partial charge in [0, 0.05) is 16.8 Å². The van der Waals surface area contributed by atoms with E-state index in [9.17, 15) is 0 Å². The van der Waals surface area contributed by atoms with Gasteiger partial charge in [0.25, 0.3) is 0 Å². The lowest BCUT2D eigenvalue weighted by atomic mass is 9.70. The molecular weight excluding hydrogens is 795 g/mol. The molecule has 10 aromatic rings. The molecule has 0 unspecified atom stereocenters. The summed E-state index contributed by atoms with van der Waals surface area (Å²) in [5.74, 6) is 0. The SMILES string of the molecule is [2H]C([2H])=C([2H])c1ccc(-c2ccc(N(c3ccc4c(c3)C3(c5ccccc5-c5ccccc53)c3ccccc3-4)c3ccc(-c4ccc(C([2H])=C([2H])[2H])cc4)cc3-c3ccccc3)c(-c3ccccc3)c2)cc1. The smallest absolute Gasteiger partial charge is 0.0726 e. The van der Waals surface area contributed by atoms with E-state index in [-0.39, 0.29) is 12.1 Å². The highest BCUT2D eigenvalue weighted by Gasteiger charge is 2.51. The van der Waals surface area contributed by atoms with Crippen molar-refractivity contribution in [3.05, 3.63) is 283 Å². The molecule has 2 aliphatic rings. The minimum atomic E-state index is -0.569. The van der Waals surface area contributed by atoms with Crippen molar-refractivity contribution in [2.75, 3.05) is 4.90 Å². The van der Waals surface area contributed by atoms with E-state index in [4.69, 9.17) is 8.22 Å². The highest BCUT2D eigenvalue weighted by Crippen LogP contribution is 2.63. The average molecular weight is 846 g/mol. The number of anilines is 3. The second kappa shape index (κ2) is 15.9. The van der Waals surface area contributed by atoms with Gasteiger partial charge in [0.05, 0.1) is 25.0 Å². The molecule has 310 valence electrons. The Labute approximate surface area is 396 Å². The van der Waals surface area contributed by atoms with E-state index in [0.29, 0.717) is 11.1 Å². The minimum absolute atomic E-state index is 0.121. The molecule has 66 heavy (non-hydrogen) atoms. The van der Waals surface area contributed by atoms with Gasteiger partial charge in [-0.3, -0.25) is 0 Å². The van der Waals surface area contributed by atoms with Gasteiger partial charge in [-0.2, -0.15) is 0 Å². The predicted molar refractivity (Wildman–Crippen MR) is 279 cm³/mol. The van der Waals surface area contributed by atoms with Crippen LogP contribution in [0.5, 0.6) is 0 Å². The van der Waals surface area contributed by atoms with Crippen LogP contribution in [0.25, 0.3) is 78.9 Å². The third kappa shape index (κ3) is 6.16. The minimum Gasteiger partial charge on any atom is -0.309 e. The van der Waals surface area contributed by atoms with Gasteiger partial charge < -0.3 is 4.90 Å². The lowest BCUT2D eigenvalue weighted by Crippen LogP contribution is -2.26. The summed E-state index contributed by atoms with van der Waals surface area (Å²) in [5.41, 5.74) is 21.3. The molecule has 1 nitrogen and oxygen atoms in total. The lowest BCUT2D eigenvalue weighted by Gasteiger charge is -2.33. The third-order valence-electron chi connectivity index (χ3n) is 13.6. The van der Waals surface area contributed by atoms with Gasteiger partial charge in [-0.1, -0.05) is 225 Å². The summed E-state index contributed by atoms with van der Waals surface area (Å²) in [4.78, 5) is 2.41. The van der Waals surface area contributed by atoms with Gasteiger partial charge in [-0.15, -0.1) is 0 Å². The molecule has 0 atom stereocenters. The Kier molecular flexibility index (Phi) is 7.98. The maximum Gasteiger partial charge on any atom is 0.0726 e. The van der Waals surface area contributed by atoms with Gasteiger partial charge in [0.1, 0.15) is 0 Å². The Balaban J connectivity index is 1.13. The molecule has 10 aromatic carbocycles. The first-order valence-corrected chi connectivity index (χ1v) is 22.3. The van der Waals surface area contributed by atoms with Crippen LogP contribution in [0, 0.1) is 0 Å². The zero-order valence-corrected chi connectivity index (χ0v) is 36.0. The van der Waals surface area contributed by atoms with Crippen LogP contribution in [0.1, 0.15) is 41.6 Å². The summed E-state index contributed by atoms with van der Waals surface area (Å²) in [6.45, 7) is -1.04. The fourth-order valence-corrected chi connectivity index (χ4v) is 10.6. The third-order valence-corrected chi connectivity index (χ3v) is 13.6. The average Bonchev–Trinajstić information content (AvgIpc) is 3.91. The zero-order chi connectivity index (χ0) is 49.1. The maximum absolute atomic E-state index is 8.29. The predicted octanol–water partition coefficient (Wildman–Crippen LogP) is 17.5.